The number of benzene rings is 1. The molecule has 2 aromatic rings. The van der Waals surface area contributed by atoms with E-state index in [1.165, 1.54) is 16.0 Å². The second-order valence-electron chi connectivity index (χ2n) is 5.18. The number of nitrogens with zero attached hydrogens (tertiary/aromatic N) is 1. The van der Waals surface area contributed by atoms with Crippen molar-refractivity contribution in [3.63, 3.8) is 0 Å². The Labute approximate surface area is 113 Å². The van der Waals surface area contributed by atoms with E-state index in [1.807, 2.05) is 7.05 Å². The predicted molar refractivity (Wildman–Crippen MR) is 79.1 cm³/mol. The van der Waals surface area contributed by atoms with Gasteiger partial charge in [0.25, 0.3) is 0 Å². The monoisotopic (exact) mass is 260 g/mol. The fourth-order valence-corrected chi connectivity index (χ4v) is 3.16. The zero-order chi connectivity index (χ0) is 13.3. The van der Waals surface area contributed by atoms with Crippen molar-refractivity contribution in [2.75, 3.05) is 7.05 Å². The van der Waals surface area contributed by atoms with E-state index in [4.69, 9.17) is 4.98 Å². The first-order valence-electron chi connectivity index (χ1n) is 6.18. The summed E-state index contributed by atoms with van der Waals surface area (Å²) < 4.78 is 0. The lowest BCUT2D eigenvalue weighted by atomic mass is 10.0. The van der Waals surface area contributed by atoms with Crippen LogP contribution < -0.4 is 5.32 Å². The van der Waals surface area contributed by atoms with Gasteiger partial charge in [-0.25, -0.2) is 4.98 Å². The quantitative estimate of drug-likeness (QED) is 0.906. The van der Waals surface area contributed by atoms with E-state index >= 15 is 0 Å². The van der Waals surface area contributed by atoms with E-state index in [-0.39, 0.29) is 5.54 Å². The maximum Gasteiger partial charge on any atom is 0.123 e. The summed E-state index contributed by atoms with van der Waals surface area (Å²) >= 11 is 1.78. The van der Waals surface area contributed by atoms with Gasteiger partial charge in [0.05, 0.1) is 5.69 Å². The smallest absolute Gasteiger partial charge is 0.123 e. The lowest BCUT2D eigenvalue weighted by Gasteiger charge is -2.22. The normalized spacial score (nSPS) is 11.8. The van der Waals surface area contributed by atoms with Crippen LogP contribution in [0.25, 0.3) is 10.6 Å². The van der Waals surface area contributed by atoms with E-state index < -0.39 is 0 Å². The molecular formula is C15H20N2S. The van der Waals surface area contributed by atoms with E-state index in [1.54, 1.807) is 11.3 Å². The molecule has 2 nitrogen and oxygen atoms in total. The molecule has 0 saturated heterocycles. The van der Waals surface area contributed by atoms with Crippen molar-refractivity contribution in [2.45, 2.75) is 33.2 Å². The van der Waals surface area contributed by atoms with Crippen molar-refractivity contribution in [3.05, 3.63) is 40.4 Å². The molecule has 0 aliphatic rings. The van der Waals surface area contributed by atoms with E-state index in [9.17, 15) is 0 Å². The molecule has 0 aliphatic carbocycles. The number of hydrogen-bond acceptors (Lipinski definition) is 3. The molecule has 0 radical (unpaired) electrons. The highest BCUT2D eigenvalue weighted by atomic mass is 32.1. The molecule has 0 aliphatic heterocycles. The minimum absolute atomic E-state index is 0.0240. The Kier molecular flexibility index (Phi) is 3.55. The van der Waals surface area contributed by atoms with Gasteiger partial charge < -0.3 is 5.32 Å². The summed E-state index contributed by atoms with van der Waals surface area (Å²) in [7, 11) is 1.99. The topological polar surface area (TPSA) is 24.9 Å². The molecule has 1 N–H and O–H groups in total. The summed E-state index contributed by atoms with van der Waals surface area (Å²) in [6, 6.07) is 8.52. The predicted octanol–water partition coefficient (Wildman–Crippen LogP) is 3.88. The van der Waals surface area contributed by atoms with Crippen LogP contribution in [-0.4, -0.2) is 12.0 Å². The van der Waals surface area contributed by atoms with Gasteiger partial charge in [-0.05, 0) is 40.8 Å². The lowest BCUT2D eigenvalue weighted by molar-refractivity contribution is 0.450. The molecular weight excluding hydrogens is 240 g/mol. The molecule has 18 heavy (non-hydrogen) atoms. The van der Waals surface area contributed by atoms with Crippen LogP contribution >= 0.6 is 11.3 Å². The largest absolute Gasteiger partial charge is 0.310 e. The Morgan fingerprint density at radius 3 is 2.56 bits per heavy atom. The van der Waals surface area contributed by atoms with Gasteiger partial charge in [0.1, 0.15) is 5.01 Å². The minimum Gasteiger partial charge on any atom is -0.310 e. The Morgan fingerprint density at radius 1 is 1.22 bits per heavy atom. The molecule has 0 fully saturated rings. The average molecular weight is 260 g/mol. The molecule has 0 spiro atoms. The fourth-order valence-electron chi connectivity index (χ4n) is 1.99. The number of aromatic nitrogens is 1. The molecule has 2 rings (SSSR count). The van der Waals surface area contributed by atoms with Crippen LogP contribution in [0.1, 0.15) is 30.0 Å². The minimum atomic E-state index is -0.0240. The number of rotatable bonds is 3. The molecule has 1 aromatic carbocycles. The standard InChI is InChI=1S/C15H20N2S/c1-10-7-6-8-12(9-10)14-17-11(2)13(18-14)15(3,4)16-5/h6-9,16H,1-5H3. The van der Waals surface area contributed by atoms with Crippen molar-refractivity contribution in [1.29, 1.82) is 0 Å². The second kappa shape index (κ2) is 4.82. The number of thiazole rings is 1. The third kappa shape index (κ3) is 2.47. The first kappa shape index (κ1) is 13.2. The van der Waals surface area contributed by atoms with Gasteiger partial charge >= 0.3 is 0 Å². The molecule has 0 atom stereocenters. The molecule has 1 aromatic heterocycles. The first-order chi connectivity index (χ1) is 8.44. The van der Waals surface area contributed by atoms with Crippen molar-refractivity contribution in [3.8, 4) is 10.6 Å². The SMILES string of the molecule is CNC(C)(C)c1sc(-c2cccc(C)c2)nc1C. The molecule has 0 unspecified atom stereocenters. The van der Waals surface area contributed by atoms with Gasteiger partial charge in [0.15, 0.2) is 0 Å². The second-order valence-corrected chi connectivity index (χ2v) is 6.18. The zero-order valence-corrected chi connectivity index (χ0v) is 12.5. The average Bonchev–Trinajstić information content (AvgIpc) is 2.72. The van der Waals surface area contributed by atoms with Crippen LogP contribution in [0.3, 0.4) is 0 Å². The van der Waals surface area contributed by atoms with Crippen molar-refractivity contribution in [1.82, 2.24) is 10.3 Å². The third-order valence-corrected chi connectivity index (χ3v) is 4.78. The van der Waals surface area contributed by atoms with Gasteiger partial charge in [-0.3, -0.25) is 0 Å². The Bertz CT molecular complexity index is 555. The van der Waals surface area contributed by atoms with Crippen molar-refractivity contribution < 1.29 is 0 Å². The van der Waals surface area contributed by atoms with E-state index in [2.05, 4.69) is 57.3 Å². The lowest BCUT2D eigenvalue weighted by Crippen LogP contribution is -2.32. The highest BCUT2D eigenvalue weighted by Gasteiger charge is 2.24. The summed E-state index contributed by atoms with van der Waals surface area (Å²) in [5.74, 6) is 0. The van der Waals surface area contributed by atoms with Crippen LogP contribution in [0.5, 0.6) is 0 Å². The Morgan fingerprint density at radius 2 is 1.94 bits per heavy atom. The fraction of sp³-hybridized carbons (Fsp3) is 0.400. The molecule has 3 heteroatoms. The van der Waals surface area contributed by atoms with Gasteiger partial charge in [0.2, 0.25) is 0 Å². The maximum atomic E-state index is 4.71. The number of hydrogen-bond donors (Lipinski definition) is 1. The van der Waals surface area contributed by atoms with Crippen LogP contribution in [-0.2, 0) is 5.54 Å². The maximum absolute atomic E-state index is 4.71. The zero-order valence-electron chi connectivity index (χ0n) is 11.7. The van der Waals surface area contributed by atoms with Crippen LogP contribution in [0.2, 0.25) is 0 Å². The summed E-state index contributed by atoms with van der Waals surface area (Å²) in [6.45, 7) is 8.58. The molecule has 0 saturated carbocycles. The van der Waals surface area contributed by atoms with Crippen molar-refractivity contribution in [2.24, 2.45) is 0 Å². The molecule has 0 bridgehead atoms. The summed E-state index contributed by atoms with van der Waals surface area (Å²) in [5, 5.41) is 4.45. The van der Waals surface area contributed by atoms with E-state index in [0.29, 0.717) is 0 Å². The number of nitrogens with one attached hydrogen (secondary N) is 1. The Balaban J connectivity index is 2.47. The van der Waals surface area contributed by atoms with Gasteiger partial charge in [0, 0.05) is 16.0 Å². The van der Waals surface area contributed by atoms with Gasteiger partial charge in [-0.2, -0.15) is 0 Å². The summed E-state index contributed by atoms with van der Waals surface area (Å²) in [5.41, 5.74) is 3.58. The molecule has 96 valence electrons. The van der Waals surface area contributed by atoms with Crippen molar-refractivity contribution >= 4 is 11.3 Å². The summed E-state index contributed by atoms with van der Waals surface area (Å²) in [4.78, 5) is 6.02. The summed E-state index contributed by atoms with van der Waals surface area (Å²) in [6.07, 6.45) is 0. The molecule has 0 amide bonds. The first-order valence-corrected chi connectivity index (χ1v) is 6.99. The van der Waals surface area contributed by atoms with Gasteiger partial charge in [-0.1, -0.05) is 23.8 Å². The van der Waals surface area contributed by atoms with Gasteiger partial charge in [-0.15, -0.1) is 11.3 Å². The van der Waals surface area contributed by atoms with Crippen LogP contribution in [0.15, 0.2) is 24.3 Å². The van der Waals surface area contributed by atoms with E-state index in [0.717, 1.165) is 10.7 Å². The third-order valence-electron chi connectivity index (χ3n) is 3.25. The molecule has 1 heterocycles. The van der Waals surface area contributed by atoms with Crippen LogP contribution in [0.4, 0.5) is 0 Å². The number of aryl methyl sites for hydroxylation is 2. The van der Waals surface area contributed by atoms with Crippen LogP contribution in [0, 0.1) is 13.8 Å². The highest BCUT2D eigenvalue weighted by Crippen LogP contribution is 2.34. The Hall–Kier alpha value is -1.19. The highest BCUT2D eigenvalue weighted by molar-refractivity contribution is 7.15.